The molecule has 0 heterocycles. The average Bonchev–Trinajstić information content (AvgIpc) is 2.66. The second kappa shape index (κ2) is 11.2. The molecule has 0 amide bonds. The van der Waals surface area contributed by atoms with Crippen molar-refractivity contribution in [1.82, 2.24) is 0 Å². The largest absolute Gasteiger partial charge is 0.388 e. The molecule has 0 unspecified atom stereocenters. The van der Waals surface area contributed by atoms with Gasteiger partial charge in [0.2, 0.25) is 0 Å². The molecular formula is C21H25N. The lowest BCUT2D eigenvalue weighted by atomic mass is 10.1. The number of nitrogens with one attached hydrogen (secondary N) is 1. The molecule has 0 radical (unpaired) electrons. The SMILES string of the molecule is CC.CNc1ccccc1.c1ccc(-c2ccccc2)cc1. The van der Waals surface area contributed by atoms with Crippen molar-refractivity contribution >= 4 is 5.69 Å². The van der Waals surface area contributed by atoms with Gasteiger partial charge in [0.25, 0.3) is 0 Å². The Morgan fingerprint density at radius 1 is 0.500 bits per heavy atom. The van der Waals surface area contributed by atoms with Gasteiger partial charge in [-0.1, -0.05) is 92.7 Å². The summed E-state index contributed by atoms with van der Waals surface area (Å²) >= 11 is 0. The highest BCUT2D eigenvalue weighted by atomic mass is 14.8. The van der Waals surface area contributed by atoms with E-state index in [1.165, 1.54) is 11.1 Å². The summed E-state index contributed by atoms with van der Waals surface area (Å²) in [5.74, 6) is 0. The van der Waals surface area contributed by atoms with Crippen molar-refractivity contribution in [2.75, 3.05) is 12.4 Å². The van der Waals surface area contributed by atoms with E-state index in [-0.39, 0.29) is 0 Å². The van der Waals surface area contributed by atoms with Crippen LogP contribution in [0.4, 0.5) is 5.69 Å². The van der Waals surface area contributed by atoms with Gasteiger partial charge in [-0.15, -0.1) is 0 Å². The Labute approximate surface area is 134 Å². The lowest BCUT2D eigenvalue weighted by Gasteiger charge is -1.98. The molecule has 0 aliphatic heterocycles. The van der Waals surface area contributed by atoms with Crippen molar-refractivity contribution in [3.8, 4) is 11.1 Å². The third-order valence-corrected chi connectivity index (χ3v) is 2.94. The Balaban J connectivity index is 0.000000211. The molecule has 1 N–H and O–H groups in total. The van der Waals surface area contributed by atoms with Crippen LogP contribution in [-0.4, -0.2) is 7.05 Å². The maximum Gasteiger partial charge on any atom is 0.0337 e. The molecule has 0 spiro atoms. The Hall–Kier alpha value is -2.54. The van der Waals surface area contributed by atoms with Gasteiger partial charge in [0.15, 0.2) is 0 Å². The van der Waals surface area contributed by atoms with E-state index in [1.54, 1.807) is 0 Å². The number of para-hydroxylation sites is 1. The molecule has 0 atom stereocenters. The van der Waals surface area contributed by atoms with E-state index in [1.807, 2.05) is 63.4 Å². The first-order chi connectivity index (χ1) is 10.9. The Morgan fingerprint density at radius 2 is 0.818 bits per heavy atom. The standard InChI is InChI=1S/C12H10.C7H9N.C2H6/c1-3-7-11(8-4-1)12-9-5-2-6-10-12;1-8-7-5-3-2-4-6-7;1-2/h1-10H;2-6,8H,1H3;1-2H3. The van der Waals surface area contributed by atoms with E-state index in [2.05, 4.69) is 53.8 Å². The van der Waals surface area contributed by atoms with Crippen molar-refractivity contribution in [2.24, 2.45) is 0 Å². The van der Waals surface area contributed by atoms with E-state index in [9.17, 15) is 0 Å². The zero-order valence-corrected chi connectivity index (χ0v) is 13.7. The lowest BCUT2D eigenvalue weighted by Crippen LogP contribution is -1.84. The predicted molar refractivity (Wildman–Crippen MR) is 99.2 cm³/mol. The predicted octanol–water partition coefficient (Wildman–Crippen LogP) is 6.11. The molecule has 0 saturated heterocycles. The monoisotopic (exact) mass is 291 g/mol. The second-order valence-corrected chi connectivity index (χ2v) is 4.35. The molecule has 1 heteroatoms. The molecule has 1 nitrogen and oxygen atoms in total. The van der Waals surface area contributed by atoms with Crippen molar-refractivity contribution < 1.29 is 0 Å². The van der Waals surface area contributed by atoms with Crippen LogP contribution in [0.3, 0.4) is 0 Å². The first-order valence-electron chi connectivity index (χ1n) is 7.73. The second-order valence-electron chi connectivity index (χ2n) is 4.35. The van der Waals surface area contributed by atoms with Crippen molar-refractivity contribution in [2.45, 2.75) is 13.8 Å². The fourth-order valence-electron chi connectivity index (χ4n) is 1.87. The molecule has 0 bridgehead atoms. The van der Waals surface area contributed by atoms with Crippen LogP contribution in [0.1, 0.15) is 13.8 Å². The van der Waals surface area contributed by atoms with Crippen LogP contribution in [0, 0.1) is 0 Å². The number of rotatable bonds is 2. The van der Waals surface area contributed by atoms with Gasteiger partial charge in [0.05, 0.1) is 0 Å². The molecule has 0 fully saturated rings. The minimum atomic E-state index is 1.16. The van der Waals surface area contributed by atoms with E-state index in [4.69, 9.17) is 0 Å². The third kappa shape index (κ3) is 6.27. The number of anilines is 1. The quantitative estimate of drug-likeness (QED) is 0.600. The van der Waals surface area contributed by atoms with Crippen LogP contribution < -0.4 is 5.32 Å². The van der Waals surface area contributed by atoms with Gasteiger partial charge in [-0.25, -0.2) is 0 Å². The van der Waals surface area contributed by atoms with Crippen LogP contribution in [0.5, 0.6) is 0 Å². The summed E-state index contributed by atoms with van der Waals surface area (Å²) < 4.78 is 0. The van der Waals surface area contributed by atoms with Crippen molar-refractivity contribution in [3.63, 3.8) is 0 Å². The summed E-state index contributed by atoms with van der Waals surface area (Å²) in [6.45, 7) is 4.00. The Kier molecular flexibility index (Phi) is 8.88. The maximum absolute atomic E-state index is 3.03. The van der Waals surface area contributed by atoms with E-state index in [0.717, 1.165) is 5.69 Å². The highest BCUT2D eigenvalue weighted by molar-refractivity contribution is 5.62. The van der Waals surface area contributed by atoms with Crippen LogP contribution in [0.25, 0.3) is 11.1 Å². The molecule has 3 aromatic rings. The minimum absolute atomic E-state index is 1.16. The molecule has 0 aromatic heterocycles. The van der Waals surface area contributed by atoms with Crippen LogP contribution in [0.15, 0.2) is 91.0 Å². The van der Waals surface area contributed by atoms with Crippen molar-refractivity contribution in [1.29, 1.82) is 0 Å². The molecule has 0 saturated carbocycles. The Bertz CT molecular complexity index is 551. The number of hydrogen-bond acceptors (Lipinski definition) is 1. The molecule has 114 valence electrons. The third-order valence-electron chi connectivity index (χ3n) is 2.94. The van der Waals surface area contributed by atoms with Crippen LogP contribution >= 0.6 is 0 Å². The minimum Gasteiger partial charge on any atom is -0.388 e. The van der Waals surface area contributed by atoms with Gasteiger partial charge in [-0.3, -0.25) is 0 Å². The summed E-state index contributed by atoms with van der Waals surface area (Å²) in [4.78, 5) is 0. The first-order valence-corrected chi connectivity index (χ1v) is 7.73. The highest BCUT2D eigenvalue weighted by Crippen LogP contribution is 2.17. The van der Waals surface area contributed by atoms with Gasteiger partial charge >= 0.3 is 0 Å². The van der Waals surface area contributed by atoms with Gasteiger partial charge in [0.1, 0.15) is 0 Å². The molecule has 0 aliphatic carbocycles. The fourth-order valence-corrected chi connectivity index (χ4v) is 1.87. The van der Waals surface area contributed by atoms with Crippen LogP contribution in [-0.2, 0) is 0 Å². The topological polar surface area (TPSA) is 12.0 Å². The molecular weight excluding hydrogens is 266 g/mol. The van der Waals surface area contributed by atoms with Gasteiger partial charge in [0, 0.05) is 12.7 Å². The van der Waals surface area contributed by atoms with E-state index >= 15 is 0 Å². The summed E-state index contributed by atoms with van der Waals surface area (Å²) in [7, 11) is 1.91. The normalized spacial score (nSPS) is 8.68. The van der Waals surface area contributed by atoms with Gasteiger partial charge in [-0.2, -0.15) is 0 Å². The summed E-state index contributed by atoms with van der Waals surface area (Å²) in [6.07, 6.45) is 0. The van der Waals surface area contributed by atoms with Gasteiger partial charge in [-0.05, 0) is 23.3 Å². The smallest absolute Gasteiger partial charge is 0.0337 e. The highest BCUT2D eigenvalue weighted by Gasteiger charge is 1.91. The zero-order chi connectivity index (χ0) is 16.0. The average molecular weight is 291 g/mol. The molecule has 3 rings (SSSR count). The Morgan fingerprint density at radius 3 is 1.09 bits per heavy atom. The maximum atomic E-state index is 3.03. The molecule has 3 aromatic carbocycles. The molecule has 22 heavy (non-hydrogen) atoms. The summed E-state index contributed by atoms with van der Waals surface area (Å²) in [6, 6.07) is 30.8. The fraction of sp³-hybridized carbons (Fsp3) is 0.143. The van der Waals surface area contributed by atoms with Crippen LogP contribution in [0.2, 0.25) is 0 Å². The summed E-state index contributed by atoms with van der Waals surface area (Å²) in [5.41, 5.74) is 3.71. The van der Waals surface area contributed by atoms with Crippen molar-refractivity contribution in [3.05, 3.63) is 91.0 Å². The zero-order valence-electron chi connectivity index (χ0n) is 13.7. The summed E-state index contributed by atoms with van der Waals surface area (Å²) in [5, 5.41) is 3.03. The first kappa shape index (κ1) is 17.5. The lowest BCUT2D eigenvalue weighted by molar-refractivity contribution is 1.50. The number of benzene rings is 3. The van der Waals surface area contributed by atoms with E-state index in [0.29, 0.717) is 0 Å². The van der Waals surface area contributed by atoms with Gasteiger partial charge < -0.3 is 5.32 Å². The molecule has 0 aliphatic rings. The van der Waals surface area contributed by atoms with E-state index < -0.39 is 0 Å². The number of hydrogen-bond donors (Lipinski definition) is 1.